The van der Waals surface area contributed by atoms with Gasteiger partial charge in [0.2, 0.25) is 0 Å². The van der Waals surface area contributed by atoms with Crippen molar-refractivity contribution < 1.29 is 9.47 Å². The van der Waals surface area contributed by atoms with Crippen LogP contribution in [0.1, 0.15) is 56.7 Å². The zero-order valence-electron chi connectivity index (χ0n) is 17.8. The highest BCUT2D eigenvalue weighted by atomic mass is 127. The predicted molar refractivity (Wildman–Crippen MR) is 133 cm³/mol. The minimum absolute atomic E-state index is 0. The molecule has 2 heterocycles. The third-order valence-electron chi connectivity index (χ3n) is 5.87. The Balaban J connectivity index is 0.00000300. The van der Waals surface area contributed by atoms with Gasteiger partial charge in [0.15, 0.2) is 5.96 Å². The molecule has 1 saturated carbocycles. The van der Waals surface area contributed by atoms with Gasteiger partial charge < -0.3 is 20.1 Å². The van der Waals surface area contributed by atoms with Gasteiger partial charge >= 0.3 is 0 Å². The molecule has 1 atom stereocenters. The van der Waals surface area contributed by atoms with Crippen molar-refractivity contribution in [1.29, 1.82) is 0 Å². The van der Waals surface area contributed by atoms with Gasteiger partial charge in [0.25, 0.3) is 0 Å². The topological polar surface area (TPSA) is 54.9 Å². The summed E-state index contributed by atoms with van der Waals surface area (Å²) in [7, 11) is 0. The first-order valence-electron chi connectivity index (χ1n) is 11.0. The average molecular weight is 536 g/mol. The molecular formula is C22H38IN3O2S. The van der Waals surface area contributed by atoms with Gasteiger partial charge in [-0.2, -0.15) is 0 Å². The summed E-state index contributed by atoms with van der Waals surface area (Å²) < 4.78 is 11.2. The lowest BCUT2D eigenvalue weighted by Crippen LogP contribution is -2.40. The number of thiophene rings is 1. The molecule has 1 aliphatic heterocycles. The number of nitrogens with one attached hydrogen (secondary N) is 2. The van der Waals surface area contributed by atoms with Crippen LogP contribution in [0.4, 0.5) is 0 Å². The van der Waals surface area contributed by atoms with Gasteiger partial charge in [0.05, 0.1) is 19.8 Å². The van der Waals surface area contributed by atoms with E-state index in [-0.39, 0.29) is 29.4 Å². The fraction of sp³-hybridized carbons (Fsp3) is 0.773. The summed E-state index contributed by atoms with van der Waals surface area (Å²) in [5, 5.41) is 9.10. The van der Waals surface area contributed by atoms with Crippen LogP contribution in [-0.4, -0.2) is 52.0 Å². The lowest BCUT2D eigenvalue weighted by molar-refractivity contribution is 0.0888. The smallest absolute Gasteiger partial charge is 0.191 e. The van der Waals surface area contributed by atoms with Crippen molar-refractivity contribution in [1.82, 2.24) is 10.6 Å². The Morgan fingerprint density at radius 1 is 1.31 bits per heavy atom. The molecule has 1 saturated heterocycles. The van der Waals surface area contributed by atoms with Gasteiger partial charge in [0, 0.05) is 42.5 Å². The number of guanidine groups is 1. The summed E-state index contributed by atoms with van der Waals surface area (Å²) in [5.74, 6) is 1.53. The summed E-state index contributed by atoms with van der Waals surface area (Å²) in [4.78, 5) is 6.50. The van der Waals surface area contributed by atoms with Crippen molar-refractivity contribution in [2.24, 2.45) is 10.9 Å². The maximum Gasteiger partial charge on any atom is 0.191 e. The molecule has 0 bridgehead atoms. The predicted octanol–water partition coefficient (Wildman–Crippen LogP) is 4.57. The van der Waals surface area contributed by atoms with E-state index in [0.717, 1.165) is 64.9 Å². The molecule has 3 rings (SSSR count). The molecule has 0 spiro atoms. The zero-order chi connectivity index (χ0) is 19.5. The van der Waals surface area contributed by atoms with Crippen LogP contribution in [0.5, 0.6) is 0 Å². The Morgan fingerprint density at radius 3 is 2.86 bits per heavy atom. The first kappa shape index (κ1) is 24.9. The molecule has 2 fully saturated rings. The van der Waals surface area contributed by atoms with Gasteiger partial charge in [-0.1, -0.05) is 25.3 Å². The number of hydrogen-bond acceptors (Lipinski definition) is 4. The van der Waals surface area contributed by atoms with Gasteiger partial charge in [-0.3, -0.25) is 4.99 Å². The van der Waals surface area contributed by atoms with Crippen molar-refractivity contribution in [3.8, 4) is 0 Å². The van der Waals surface area contributed by atoms with Crippen molar-refractivity contribution in [3.63, 3.8) is 0 Å². The number of hydrogen-bond donors (Lipinski definition) is 2. The monoisotopic (exact) mass is 535 g/mol. The Morgan fingerprint density at radius 2 is 2.17 bits per heavy atom. The molecular weight excluding hydrogens is 497 g/mol. The van der Waals surface area contributed by atoms with E-state index in [1.165, 1.54) is 37.0 Å². The van der Waals surface area contributed by atoms with Crippen LogP contribution >= 0.6 is 35.3 Å². The van der Waals surface area contributed by atoms with Crippen LogP contribution in [0.15, 0.2) is 22.5 Å². The molecule has 166 valence electrons. The SMILES string of the molecule is CCNC(=NCC1(c2cccs2)CCCCC1)NCCCOCC1CCOC1.I. The van der Waals surface area contributed by atoms with Crippen molar-refractivity contribution in [2.75, 3.05) is 46.1 Å². The second-order valence-corrected chi connectivity index (χ2v) is 9.05. The third-order valence-corrected chi connectivity index (χ3v) is 6.99. The van der Waals surface area contributed by atoms with Gasteiger partial charge in [-0.25, -0.2) is 0 Å². The fourth-order valence-electron chi connectivity index (χ4n) is 4.21. The minimum Gasteiger partial charge on any atom is -0.381 e. The lowest BCUT2D eigenvalue weighted by atomic mass is 9.73. The third kappa shape index (κ3) is 7.99. The molecule has 1 aromatic heterocycles. The van der Waals surface area contributed by atoms with E-state index in [1.54, 1.807) is 0 Å². The second-order valence-electron chi connectivity index (χ2n) is 8.10. The number of halogens is 1. The number of nitrogens with zero attached hydrogens (tertiary/aromatic N) is 1. The summed E-state index contributed by atoms with van der Waals surface area (Å²) in [6.07, 6.45) is 8.66. The van der Waals surface area contributed by atoms with Crippen molar-refractivity contribution >= 4 is 41.3 Å². The Kier molecular flexibility index (Phi) is 11.9. The van der Waals surface area contributed by atoms with Crippen LogP contribution in [0.2, 0.25) is 0 Å². The first-order chi connectivity index (χ1) is 13.8. The molecule has 2 N–H and O–H groups in total. The largest absolute Gasteiger partial charge is 0.381 e. The fourth-order valence-corrected chi connectivity index (χ4v) is 5.19. The van der Waals surface area contributed by atoms with Crippen molar-refractivity contribution in [3.05, 3.63) is 22.4 Å². The molecule has 5 nitrogen and oxygen atoms in total. The highest BCUT2D eigenvalue weighted by Gasteiger charge is 2.34. The standard InChI is InChI=1S/C22H37N3O2S.HI/c1-2-23-21(24-12-7-13-26-16-19-9-14-27-17-19)25-18-22(10-4-3-5-11-22)20-8-6-15-28-20;/h6,8,15,19H,2-5,7,9-14,16-18H2,1H3,(H2,23,24,25);1H. The molecule has 1 aromatic rings. The van der Waals surface area contributed by atoms with Crippen LogP contribution in [0, 0.1) is 5.92 Å². The minimum atomic E-state index is 0. The molecule has 0 amide bonds. The van der Waals surface area contributed by atoms with Crippen molar-refractivity contribution in [2.45, 2.75) is 57.3 Å². The van der Waals surface area contributed by atoms with E-state index >= 15 is 0 Å². The normalized spacial score (nSPS) is 21.6. The molecule has 1 aliphatic carbocycles. The second kappa shape index (κ2) is 13.8. The molecule has 29 heavy (non-hydrogen) atoms. The summed E-state index contributed by atoms with van der Waals surface area (Å²) in [6.45, 7) is 8.15. The Labute approximate surface area is 197 Å². The quantitative estimate of drug-likeness (QED) is 0.200. The molecule has 2 aliphatic rings. The van der Waals surface area contributed by atoms with Crippen LogP contribution < -0.4 is 10.6 Å². The summed E-state index contributed by atoms with van der Waals surface area (Å²) >= 11 is 1.90. The highest BCUT2D eigenvalue weighted by Crippen LogP contribution is 2.41. The van der Waals surface area contributed by atoms with Gasteiger partial charge in [-0.05, 0) is 44.1 Å². The van der Waals surface area contributed by atoms with Crippen LogP contribution in [-0.2, 0) is 14.9 Å². The molecule has 1 unspecified atom stereocenters. The zero-order valence-corrected chi connectivity index (χ0v) is 20.9. The maximum atomic E-state index is 5.80. The van der Waals surface area contributed by atoms with Gasteiger partial charge in [-0.15, -0.1) is 35.3 Å². The lowest BCUT2D eigenvalue weighted by Gasteiger charge is -2.35. The Bertz CT molecular complexity index is 571. The van der Waals surface area contributed by atoms with E-state index in [4.69, 9.17) is 14.5 Å². The van der Waals surface area contributed by atoms with Crippen LogP contribution in [0.3, 0.4) is 0 Å². The van der Waals surface area contributed by atoms with E-state index in [0.29, 0.717) is 5.92 Å². The molecule has 0 radical (unpaired) electrons. The van der Waals surface area contributed by atoms with Gasteiger partial charge in [0.1, 0.15) is 0 Å². The van der Waals surface area contributed by atoms with E-state index in [1.807, 2.05) is 11.3 Å². The van der Waals surface area contributed by atoms with E-state index in [9.17, 15) is 0 Å². The highest BCUT2D eigenvalue weighted by molar-refractivity contribution is 14.0. The maximum absolute atomic E-state index is 5.80. The Hall–Kier alpha value is -0.380. The number of aliphatic imine (C=N–C) groups is 1. The number of rotatable bonds is 10. The molecule has 7 heteroatoms. The summed E-state index contributed by atoms with van der Waals surface area (Å²) in [6, 6.07) is 4.49. The average Bonchev–Trinajstić information content (AvgIpc) is 3.44. The van der Waals surface area contributed by atoms with E-state index < -0.39 is 0 Å². The summed E-state index contributed by atoms with van der Waals surface area (Å²) in [5.41, 5.74) is 0.237. The van der Waals surface area contributed by atoms with Crippen LogP contribution in [0.25, 0.3) is 0 Å². The number of ether oxygens (including phenoxy) is 2. The van der Waals surface area contributed by atoms with E-state index in [2.05, 4.69) is 35.1 Å². The molecule has 0 aromatic carbocycles. The first-order valence-corrected chi connectivity index (χ1v) is 11.9.